The molecule has 10 atom stereocenters. The van der Waals surface area contributed by atoms with Crippen LogP contribution in [0.25, 0.3) is 0 Å². The Bertz CT molecular complexity index is 1110. The molecule has 1 amide bonds. The van der Waals surface area contributed by atoms with Gasteiger partial charge in [-0.2, -0.15) is 0 Å². The van der Waals surface area contributed by atoms with E-state index in [0.717, 1.165) is 18.7 Å². The number of ether oxygens (including phenoxy) is 3. The van der Waals surface area contributed by atoms with Gasteiger partial charge in [0.1, 0.15) is 12.2 Å². The molecule has 1 saturated carbocycles. The van der Waals surface area contributed by atoms with Crippen molar-refractivity contribution < 1.29 is 39.1 Å². The summed E-state index contributed by atoms with van der Waals surface area (Å²) in [5.41, 5.74) is -0.344. The third kappa shape index (κ3) is 10.6. The summed E-state index contributed by atoms with van der Waals surface area (Å²) in [5, 5.41) is 31.7. The van der Waals surface area contributed by atoms with Crippen molar-refractivity contribution in [3.8, 4) is 0 Å². The topological polar surface area (TPSA) is 132 Å². The molecule has 10 unspecified atom stereocenters. The highest BCUT2D eigenvalue weighted by molar-refractivity contribution is 5.70. The minimum Gasteiger partial charge on any atom is -0.457 e. The smallest absolute Gasteiger partial charge is 0.410 e. The number of hydrogen-bond acceptors (Lipinski definition) is 9. The van der Waals surface area contributed by atoms with Gasteiger partial charge in [0.2, 0.25) is 0 Å². The number of rotatable bonds is 10. The van der Waals surface area contributed by atoms with Crippen molar-refractivity contribution in [1.82, 2.24) is 9.80 Å². The molecule has 3 aliphatic heterocycles. The third-order valence-electron chi connectivity index (χ3n) is 10.2. The van der Waals surface area contributed by atoms with Crippen molar-refractivity contribution in [2.24, 2.45) is 17.8 Å². The first-order valence-corrected chi connectivity index (χ1v) is 17.4. The lowest BCUT2D eigenvalue weighted by Gasteiger charge is -2.35. The van der Waals surface area contributed by atoms with Crippen LogP contribution in [0.3, 0.4) is 0 Å². The fraction of sp³-hybridized carbons (Fsp3) is 0.778. The number of allylic oxidation sites excluding steroid dienone is 2. The molecule has 2 saturated heterocycles. The molecule has 46 heavy (non-hydrogen) atoms. The molecule has 10 heteroatoms. The van der Waals surface area contributed by atoms with Crippen LogP contribution in [0, 0.1) is 17.8 Å². The molecule has 1 aliphatic carbocycles. The van der Waals surface area contributed by atoms with E-state index in [1.54, 1.807) is 24.0 Å². The number of hydrogen-bond donors (Lipinski definition) is 3. The second-order valence-electron chi connectivity index (χ2n) is 14.5. The van der Waals surface area contributed by atoms with Gasteiger partial charge in [0, 0.05) is 50.5 Å². The number of carbonyl (C=O) groups is 2. The zero-order valence-electron chi connectivity index (χ0n) is 28.7. The van der Waals surface area contributed by atoms with E-state index in [0.29, 0.717) is 44.8 Å². The molecule has 260 valence electrons. The Morgan fingerprint density at radius 2 is 1.85 bits per heavy atom. The molecule has 0 aromatic carbocycles. The molecule has 10 nitrogen and oxygen atoms in total. The molecule has 0 bridgehead atoms. The average Bonchev–Trinajstić information content (AvgIpc) is 3.95. The Morgan fingerprint density at radius 3 is 2.50 bits per heavy atom. The molecule has 0 radical (unpaired) electrons. The zero-order valence-corrected chi connectivity index (χ0v) is 28.7. The molecule has 4 rings (SSSR count). The van der Waals surface area contributed by atoms with E-state index in [-0.39, 0.29) is 42.5 Å². The van der Waals surface area contributed by atoms with E-state index in [9.17, 15) is 24.9 Å². The molecule has 3 N–H and O–H groups in total. The Balaban J connectivity index is 1.40. The van der Waals surface area contributed by atoms with Crippen LogP contribution >= 0.6 is 0 Å². The van der Waals surface area contributed by atoms with Gasteiger partial charge in [0.15, 0.2) is 0 Å². The van der Waals surface area contributed by atoms with E-state index >= 15 is 0 Å². The van der Waals surface area contributed by atoms with Gasteiger partial charge < -0.3 is 34.4 Å². The summed E-state index contributed by atoms with van der Waals surface area (Å²) < 4.78 is 17.7. The van der Waals surface area contributed by atoms with E-state index < -0.39 is 36.0 Å². The van der Waals surface area contributed by atoms with Crippen molar-refractivity contribution in [1.29, 1.82) is 0 Å². The molecule has 4 aliphatic rings. The molecule has 0 spiro atoms. The van der Waals surface area contributed by atoms with E-state index in [1.807, 2.05) is 52.8 Å². The summed E-state index contributed by atoms with van der Waals surface area (Å²) in [5.74, 6) is -0.750. The normalized spacial score (nSPS) is 35.3. The Labute approximate surface area is 275 Å². The summed E-state index contributed by atoms with van der Waals surface area (Å²) in [6.07, 6.45) is 10.8. The third-order valence-corrected chi connectivity index (χ3v) is 10.2. The summed E-state index contributed by atoms with van der Waals surface area (Å²) >= 11 is 0. The highest BCUT2D eigenvalue weighted by Gasteiger charge is 2.47. The quantitative estimate of drug-likeness (QED) is 0.137. The summed E-state index contributed by atoms with van der Waals surface area (Å²) in [6, 6.07) is 0.684. The highest BCUT2D eigenvalue weighted by Crippen LogP contribution is 2.37. The highest BCUT2D eigenvalue weighted by atomic mass is 16.6. The number of esters is 1. The van der Waals surface area contributed by atoms with Gasteiger partial charge in [-0.1, -0.05) is 52.0 Å². The monoisotopic (exact) mass is 646 g/mol. The number of aliphatic hydroxyl groups is 3. The van der Waals surface area contributed by atoms with E-state index in [4.69, 9.17) is 14.2 Å². The first-order valence-electron chi connectivity index (χ1n) is 17.4. The van der Waals surface area contributed by atoms with Gasteiger partial charge in [0.05, 0.1) is 36.4 Å². The van der Waals surface area contributed by atoms with E-state index in [2.05, 4.69) is 4.90 Å². The van der Waals surface area contributed by atoms with Crippen molar-refractivity contribution in [3.05, 3.63) is 36.0 Å². The van der Waals surface area contributed by atoms with Crippen LogP contribution in [-0.4, -0.2) is 112 Å². The number of piperazine rings is 1. The number of aliphatic hydroxyl groups excluding tert-OH is 2. The van der Waals surface area contributed by atoms with Crippen LogP contribution in [0.1, 0.15) is 86.5 Å². The molecule has 0 aromatic rings. The van der Waals surface area contributed by atoms with Gasteiger partial charge in [-0.3, -0.25) is 9.69 Å². The fourth-order valence-electron chi connectivity index (χ4n) is 6.70. The Hall–Kier alpha value is -2.24. The number of carbonyl (C=O) groups excluding carboxylic acids is 2. The summed E-state index contributed by atoms with van der Waals surface area (Å²) in [4.78, 5) is 30.2. The fourth-order valence-corrected chi connectivity index (χ4v) is 6.70. The molecule has 0 aromatic heterocycles. The minimum absolute atomic E-state index is 0.00884. The second kappa shape index (κ2) is 16.2. The van der Waals surface area contributed by atoms with Gasteiger partial charge in [-0.15, -0.1) is 0 Å². The van der Waals surface area contributed by atoms with Crippen molar-refractivity contribution in [2.45, 2.75) is 135 Å². The molecular formula is C36H58N2O8. The maximum Gasteiger partial charge on any atom is 0.410 e. The van der Waals surface area contributed by atoms with Crippen molar-refractivity contribution >= 4 is 12.1 Å². The van der Waals surface area contributed by atoms with Crippen LogP contribution in [0.4, 0.5) is 4.79 Å². The minimum atomic E-state index is -1.12. The first kappa shape index (κ1) is 36.6. The summed E-state index contributed by atoms with van der Waals surface area (Å²) in [7, 11) is 0. The van der Waals surface area contributed by atoms with Crippen LogP contribution in [-0.2, 0) is 19.0 Å². The molecular weight excluding hydrogens is 588 g/mol. The Kier molecular flexibility index (Phi) is 12.9. The molecule has 3 heterocycles. The predicted octanol–water partition coefficient (Wildman–Crippen LogP) is 4.37. The maximum absolute atomic E-state index is 13.2. The second-order valence-corrected chi connectivity index (χ2v) is 14.5. The van der Waals surface area contributed by atoms with Gasteiger partial charge in [-0.25, -0.2) is 4.79 Å². The Morgan fingerprint density at radius 1 is 1.15 bits per heavy atom. The van der Waals surface area contributed by atoms with Crippen LogP contribution in [0.2, 0.25) is 0 Å². The van der Waals surface area contributed by atoms with Crippen molar-refractivity contribution in [2.75, 3.05) is 26.2 Å². The summed E-state index contributed by atoms with van der Waals surface area (Å²) in [6.45, 7) is 14.5. The average molecular weight is 647 g/mol. The standard InChI is InChI=1S/C36H58N2O8/c1-7-29(40)26(5)34-31(44-34)22-36(6,43)16-8-9-24(3)33-25(4)11-15-30(23(2)10-14-28(39)21-32(41)46-33)45-35(42)38-19-17-37(18-20-38)27-12-13-27/h8-9,11,15-16,23,25-31,33-34,39-40,43H,7,10,12-14,17-22H2,1-6H3/b15-11+,16-8+,24-9+. The number of epoxide rings is 1. The van der Waals surface area contributed by atoms with Gasteiger partial charge >= 0.3 is 12.1 Å². The lowest BCUT2D eigenvalue weighted by atomic mass is 9.91. The number of cyclic esters (lactones) is 1. The van der Waals surface area contributed by atoms with E-state index in [1.165, 1.54) is 12.8 Å². The maximum atomic E-state index is 13.2. The lowest BCUT2D eigenvalue weighted by Crippen LogP contribution is -2.50. The first-order chi connectivity index (χ1) is 21.8. The largest absolute Gasteiger partial charge is 0.457 e. The van der Waals surface area contributed by atoms with Gasteiger partial charge in [-0.05, 0) is 63.5 Å². The zero-order chi connectivity index (χ0) is 33.6. The van der Waals surface area contributed by atoms with Crippen molar-refractivity contribution in [3.63, 3.8) is 0 Å². The van der Waals surface area contributed by atoms with Crippen LogP contribution in [0.15, 0.2) is 36.0 Å². The van der Waals surface area contributed by atoms with Crippen LogP contribution < -0.4 is 0 Å². The lowest BCUT2D eigenvalue weighted by molar-refractivity contribution is -0.151. The number of nitrogens with zero attached hydrogens (tertiary/aromatic N) is 2. The number of amides is 1. The van der Waals surface area contributed by atoms with Gasteiger partial charge in [0.25, 0.3) is 0 Å². The SMILES string of the molecule is CCC(O)C(C)C1OC1CC(C)(O)/C=C/C=C(\C)C1OC(=O)CC(O)CCC(C)C(OC(=O)N2CCN(C3CC3)CC2)/C=C/C1C. The molecule has 3 fully saturated rings. The predicted molar refractivity (Wildman–Crippen MR) is 176 cm³/mol. The van der Waals surface area contributed by atoms with Crippen LogP contribution in [0.5, 0.6) is 0 Å².